The standard InChI is InChI=1S/C20H24N4O3.2ClH/c21-11-19(25)23-16-10-18(22-12-16)20(26)24-15-6-8-17(9-7-15)27-13-14-4-2-1-3-5-14;;/h1-9,16,18,22H,10-13,21H2,(H,23,25)(H,24,26);2*1H/t16-,18+;;/m1../s1. The molecule has 2 atom stereocenters. The number of nitrogens with two attached hydrogens (primary N) is 1. The Kier molecular flexibility index (Phi) is 10.5. The van der Waals surface area contributed by atoms with E-state index in [4.69, 9.17) is 10.5 Å². The van der Waals surface area contributed by atoms with Gasteiger partial charge in [-0.05, 0) is 36.2 Å². The normalized spacial score (nSPS) is 17.4. The molecule has 2 amide bonds. The smallest absolute Gasteiger partial charge is 0.241 e. The summed E-state index contributed by atoms with van der Waals surface area (Å²) in [5.74, 6) is 0.395. The van der Waals surface area contributed by atoms with Crippen molar-refractivity contribution in [1.82, 2.24) is 10.6 Å². The van der Waals surface area contributed by atoms with Gasteiger partial charge in [0.25, 0.3) is 0 Å². The van der Waals surface area contributed by atoms with E-state index in [-0.39, 0.29) is 55.3 Å². The van der Waals surface area contributed by atoms with E-state index >= 15 is 0 Å². The van der Waals surface area contributed by atoms with Crippen LogP contribution >= 0.6 is 24.8 Å². The molecule has 0 unspecified atom stereocenters. The molecule has 1 saturated heterocycles. The van der Waals surface area contributed by atoms with Gasteiger partial charge < -0.3 is 26.4 Å². The molecule has 0 radical (unpaired) electrons. The molecule has 0 aliphatic carbocycles. The lowest BCUT2D eigenvalue weighted by atomic mass is 10.1. The van der Waals surface area contributed by atoms with E-state index in [0.717, 1.165) is 11.3 Å². The molecular weight excluding hydrogens is 415 g/mol. The third-order valence-corrected chi connectivity index (χ3v) is 4.37. The predicted octanol–water partition coefficient (Wildman–Crippen LogP) is 1.85. The Bertz CT molecular complexity index is 775. The first kappa shape index (κ1) is 24.7. The number of nitrogens with one attached hydrogen (secondary N) is 3. The fraction of sp³-hybridized carbons (Fsp3) is 0.300. The highest BCUT2D eigenvalue weighted by Gasteiger charge is 2.30. The van der Waals surface area contributed by atoms with E-state index < -0.39 is 0 Å². The molecule has 0 spiro atoms. The van der Waals surface area contributed by atoms with E-state index in [1.54, 1.807) is 12.1 Å². The zero-order chi connectivity index (χ0) is 19.1. The molecule has 0 aromatic heterocycles. The Balaban J connectivity index is 0.00000210. The highest BCUT2D eigenvalue weighted by atomic mass is 35.5. The van der Waals surface area contributed by atoms with Crippen molar-refractivity contribution >= 4 is 42.3 Å². The number of carbonyl (C=O) groups is 2. The van der Waals surface area contributed by atoms with Gasteiger partial charge in [0.15, 0.2) is 0 Å². The number of rotatable bonds is 7. The molecule has 1 fully saturated rings. The van der Waals surface area contributed by atoms with Crippen LogP contribution in [0.1, 0.15) is 12.0 Å². The Morgan fingerprint density at radius 2 is 1.76 bits per heavy atom. The number of benzene rings is 2. The van der Waals surface area contributed by atoms with E-state index in [9.17, 15) is 9.59 Å². The number of carbonyl (C=O) groups excluding carboxylic acids is 2. The van der Waals surface area contributed by atoms with Gasteiger partial charge in [-0.15, -0.1) is 24.8 Å². The van der Waals surface area contributed by atoms with E-state index in [2.05, 4.69) is 16.0 Å². The molecule has 0 saturated carbocycles. The quantitative estimate of drug-likeness (QED) is 0.525. The number of halogens is 2. The molecule has 7 nitrogen and oxygen atoms in total. The van der Waals surface area contributed by atoms with Gasteiger partial charge in [-0.25, -0.2) is 0 Å². The molecule has 158 valence electrons. The van der Waals surface area contributed by atoms with Gasteiger partial charge in [0.2, 0.25) is 11.8 Å². The number of amides is 2. The first-order valence-electron chi connectivity index (χ1n) is 8.94. The Hall–Kier alpha value is -2.32. The van der Waals surface area contributed by atoms with E-state index in [1.807, 2.05) is 42.5 Å². The van der Waals surface area contributed by atoms with Crippen LogP contribution in [0.25, 0.3) is 0 Å². The summed E-state index contributed by atoms with van der Waals surface area (Å²) >= 11 is 0. The van der Waals surface area contributed by atoms with Gasteiger partial charge in [0.05, 0.1) is 12.6 Å². The average Bonchev–Trinajstić information content (AvgIpc) is 3.17. The van der Waals surface area contributed by atoms with Crippen molar-refractivity contribution in [2.24, 2.45) is 5.73 Å². The summed E-state index contributed by atoms with van der Waals surface area (Å²) in [4.78, 5) is 23.7. The van der Waals surface area contributed by atoms with Gasteiger partial charge in [-0.3, -0.25) is 9.59 Å². The van der Waals surface area contributed by atoms with Crippen LogP contribution in [0, 0.1) is 0 Å². The molecular formula is C20H26Cl2N4O3. The monoisotopic (exact) mass is 440 g/mol. The molecule has 9 heteroatoms. The third-order valence-electron chi connectivity index (χ3n) is 4.37. The maximum absolute atomic E-state index is 12.4. The van der Waals surface area contributed by atoms with Crippen molar-refractivity contribution in [2.75, 3.05) is 18.4 Å². The minimum atomic E-state index is -0.345. The number of anilines is 1. The van der Waals surface area contributed by atoms with E-state index in [1.165, 1.54) is 0 Å². The van der Waals surface area contributed by atoms with Crippen molar-refractivity contribution in [3.05, 3.63) is 60.2 Å². The minimum Gasteiger partial charge on any atom is -0.489 e. The molecule has 1 aliphatic rings. The van der Waals surface area contributed by atoms with Crippen molar-refractivity contribution in [2.45, 2.75) is 25.1 Å². The van der Waals surface area contributed by atoms with Crippen LogP contribution in [-0.4, -0.2) is 37.0 Å². The summed E-state index contributed by atoms with van der Waals surface area (Å²) in [5, 5.41) is 8.78. The fourth-order valence-corrected chi connectivity index (χ4v) is 2.94. The highest BCUT2D eigenvalue weighted by molar-refractivity contribution is 5.95. The first-order valence-corrected chi connectivity index (χ1v) is 8.94. The minimum absolute atomic E-state index is 0. The lowest BCUT2D eigenvalue weighted by molar-refractivity contribution is -0.121. The molecule has 5 N–H and O–H groups in total. The second-order valence-electron chi connectivity index (χ2n) is 6.45. The Morgan fingerprint density at radius 3 is 2.41 bits per heavy atom. The van der Waals surface area contributed by atoms with Crippen LogP contribution < -0.4 is 26.4 Å². The summed E-state index contributed by atoms with van der Waals surface area (Å²) in [6.45, 7) is 0.997. The fourth-order valence-electron chi connectivity index (χ4n) is 2.94. The molecule has 2 aromatic carbocycles. The molecule has 3 rings (SSSR count). The lowest BCUT2D eigenvalue weighted by Gasteiger charge is -2.13. The SMILES string of the molecule is Cl.Cl.NCC(=O)N[C@H]1CN[C@H](C(=O)Nc2ccc(OCc3ccccc3)cc2)C1. The summed E-state index contributed by atoms with van der Waals surface area (Å²) in [6, 6.07) is 16.8. The molecule has 1 aliphatic heterocycles. The number of hydrogen-bond donors (Lipinski definition) is 4. The van der Waals surface area contributed by atoms with Crippen molar-refractivity contribution < 1.29 is 14.3 Å². The van der Waals surface area contributed by atoms with Crippen LogP contribution in [-0.2, 0) is 16.2 Å². The van der Waals surface area contributed by atoms with E-state index in [0.29, 0.717) is 25.3 Å². The zero-order valence-corrected chi connectivity index (χ0v) is 17.4. The Labute approximate surface area is 182 Å². The highest BCUT2D eigenvalue weighted by Crippen LogP contribution is 2.18. The molecule has 29 heavy (non-hydrogen) atoms. The van der Waals surface area contributed by atoms with Crippen LogP contribution in [0.3, 0.4) is 0 Å². The van der Waals surface area contributed by atoms with Crippen LogP contribution in [0.2, 0.25) is 0 Å². The summed E-state index contributed by atoms with van der Waals surface area (Å²) in [7, 11) is 0. The van der Waals surface area contributed by atoms with Crippen LogP contribution in [0.4, 0.5) is 5.69 Å². The number of hydrogen-bond acceptors (Lipinski definition) is 5. The summed E-state index contributed by atoms with van der Waals surface area (Å²) in [6.07, 6.45) is 0.538. The van der Waals surface area contributed by atoms with Gasteiger partial charge >= 0.3 is 0 Å². The predicted molar refractivity (Wildman–Crippen MR) is 118 cm³/mol. The summed E-state index contributed by atoms with van der Waals surface area (Å²) < 4.78 is 5.74. The second kappa shape index (κ2) is 12.3. The first-order chi connectivity index (χ1) is 13.1. The van der Waals surface area contributed by atoms with Crippen molar-refractivity contribution in [1.29, 1.82) is 0 Å². The topological polar surface area (TPSA) is 105 Å². The Morgan fingerprint density at radius 1 is 1.07 bits per heavy atom. The van der Waals surface area contributed by atoms with Gasteiger partial charge in [0, 0.05) is 18.3 Å². The van der Waals surface area contributed by atoms with Crippen molar-refractivity contribution in [3.63, 3.8) is 0 Å². The third kappa shape index (κ3) is 7.55. The van der Waals surface area contributed by atoms with Gasteiger partial charge in [0.1, 0.15) is 12.4 Å². The van der Waals surface area contributed by atoms with Crippen molar-refractivity contribution in [3.8, 4) is 5.75 Å². The zero-order valence-electron chi connectivity index (χ0n) is 15.8. The summed E-state index contributed by atoms with van der Waals surface area (Å²) in [5.41, 5.74) is 7.08. The maximum Gasteiger partial charge on any atom is 0.241 e. The van der Waals surface area contributed by atoms with Gasteiger partial charge in [-0.2, -0.15) is 0 Å². The second-order valence-corrected chi connectivity index (χ2v) is 6.45. The maximum atomic E-state index is 12.4. The van der Waals surface area contributed by atoms with Crippen LogP contribution in [0.5, 0.6) is 5.75 Å². The van der Waals surface area contributed by atoms with Gasteiger partial charge in [-0.1, -0.05) is 30.3 Å². The molecule has 2 aromatic rings. The number of ether oxygens (including phenoxy) is 1. The molecule has 0 bridgehead atoms. The lowest BCUT2D eigenvalue weighted by Crippen LogP contribution is -2.39. The van der Waals surface area contributed by atoms with Crippen LogP contribution in [0.15, 0.2) is 54.6 Å². The largest absolute Gasteiger partial charge is 0.489 e. The average molecular weight is 441 g/mol. The molecule has 1 heterocycles.